The van der Waals surface area contributed by atoms with E-state index in [0.717, 1.165) is 16.1 Å². The van der Waals surface area contributed by atoms with Crippen LogP contribution in [-0.4, -0.2) is 34.1 Å². The van der Waals surface area contributed by atoms with Crippen molar-refractivity contribution in [3.63, 3.8) is 0 Å². The molecule has 154 valence electrons. The van der Waals surface area contributed by atoms with Crippen molar-refractivity contribution in [3.8, 4) is 11.5 Å². The van der Waals surface area contributed by atoms with Gasteiger partial charge in [-0.15, -0.1) is 0 Å². The van der Waals surface area contributed by atoms with E-state index in [1.807, 2.05) is 12.1 Å². The molecule has 9 heteroatoms. The van der Waals surface area contributed by atoms with Crippen molar-refractivity contribution >= 4 is 49.7 Å². The average Bonchev–Trinajstić information content (AvgIpc) is 2.87. The first kappa shape index (κ1) is 19.0. The molecule has 2 aliphatic rings. The second-order valence-corrected chi connectivity index (χ2v) is 9.26. The fourth-order valence-electron chi connectivity index (χ4n) is 3.73. The van der Waals surface area contributed by atoms with Crippen LogP contribution in [0.25, 0.3) is 10.8 Å². The number of amides is 1. The molecule has 0 radical (unpaired) electrons. The van der Waals surface area contributed by atoms with Crippen LogP contribution in [0.3, 0.4) is 0 Å². The Kier molecular flexibility index (Phi) is 4.48. The van der Waals surface area contributed by atoms with Crippen molar-refractivity contribution in [1.29, 1.82) is 0 Å². The van der Waals surface area contributed by atoms with E-state index in [1.165, 1.54) is 0 Å². The molecule has 0 unspecified atom stereocenters. The summed E-state index contributed by atoms with van der Waals surface area (Å²) < 4.78 is 38.4. The Morgan fingerprint density at radius 3 is 2.53 bits per heavy atom. The van der Waals surface area contributed by atoms with Crippen molar-refractivity contribution in [2.45, 2.75) is 11.3 Å². The van der Waals surface area contributed by atoms with E-state index in [0.29, 0.717) is 41.5 Å². The Morgan fingerprint density at radius 2 is 1.77 bits per heavy atom. The molecule has 1 amide bonds. The number of nitrogens with zero attached hydrogens (tertiary/aromatic N) is 1. The van der Waals surface area contributed by atoms with Gasteiger partial charge in [-0.05, 0) is 17.5 Å². The lowest BCUT2D eigenvalue weighted by Crippen LogP contribution is -2.35. The molecule has 0 aliphatic carbocycles. The lowest BCUT2D eigenvalue weighted by Gasteiger charge is -2.19. The van der Waals surface area contributed by atoms with Crippen LogP contribution in [0.5, 0.6) is 11.5 Å². The molecule has 2 heterocycles. The molecule has 0 aromatic heterocycles. The second kappa shape index (κ2) is 7.07. The van der Waals surface area contributed by atoms with E-state index >= 15 is 0 Å². The molecular weight excluding hydrogens is 428 g/mol. The molecule has 0 fully saturated rings. The number of hydrogen-bond acceptors (Lipinski definition) is 5. The zero-order valence-corrected chi connectivity index (χ0v) is 17.3. The topological polar surface area (TPSA) is 84.9 Å². The van der Waals surface area contributed by atoms with Gasteiger partial charge in [-0.2, -0.15) is 0 Å². The SMILES string of the molecule is O=C(CN1c2cccc3cccc(c23)S1(=O)=O)Nc1cc2c(cc1Cl)OCCCO2. The van der Waals surface area contributed by atoms with Crippen LogP contribution in [0.1, 0.15) is 6.42 Å². The molecular formula is C21H17ClN2O5S. The molecule has 3 aromatic rings. The average molecular weight is 445 g/mol. The maximum absolute atomic E-state index is 13.0. The summed E-state index contributed by atoms with van der Waals surface area (Å²) in [6.07, 6.45) is 0.743. The third-order valence-electron chi connectivity index (χ3n) is 5.08. The van der Waals surface area contributed by atoms with Crippen LogP contribution in [0.15, 0.2) is 53.4 Å². The fourth-order valence-corrected chi connectivity index (χ4v) is 5.60. The Morgan fingerprint density at radius 1 is 1.07 bits per heavy atom. The molecule has 3 aromatic carbocycles. The predicted molar refractivity (Wildman–Crippen MR) is 114 cm³/mol. The zero-order valence-electron chi connectivity index (χ0n) is 15.7. The third kappa shape index (κ3) is 3.03. The number of ether oxygens (including phenoxy) is 2. The Bertz CT molecular complexity index is 1290. The third-order valence-corrected chi connectivity index (χ3v) is 7.19. The first-order chi connectivity index (χ1) is 14.4. The van der Waals surface area contributed by atoms with Gasteiger partial charge in [0.25, 0.3) is 10.0 Å². The normalized spacial score (nSPS) is 16.4. The highest BCUT2D eigenvalue weighted by atomic mass is 35.5. The lowest BCUT2D eigenvalue weighted by molar-refractivity contribution is -0.114. The number of nitrogens with one attached hydrogen (secondary N) is 1. The maximum Gasteiger partial charge on any atom is 0.265 e. The zero-order chi connectivity index (χ0) is 20.9. The van der Waals surface area contributed by atoms with Crippen LogP contribution < -0.4 is 19.1 Å². The number of halogens is 1. The second-order valence-electron chi connectivity index (χ2n) is 7.02. The van der Waals surface area contributed by atoms with Crippen molar-refractivity contribution in [2.24, 2.45) is 0 Å². The van der Waals surface area contributed by atoms with Crippen LogP contribution in [0.2, 0.25) is 5.02 Å². The van der Waals surface area contributed by atoms with Crippen molar-refractivity contribution < 1.29 is 22.7 Å². The highest BCUT2D eigenvalue weighted by Gasteiger charge is 2.36. The lowest BCUT2D eigenvalue weighted by atomic mass is 10.1. The van der Waals surface area contributed by atoms with Crippen LogP contribution >= 0.6 is 11.6 Å². The number of sulfonamides is 1. The number of hydrogen-bond donors (Lipinski definition) is 1. The van der Waals surface area contributed by atoms with E-state index in [9.17, 15) is 13.2 Å². The van der Waals surface area contributed by atoms with E-state index in [4.69, 9.17) is 21.1 Å². The summed E-state index contributed by atoms with van der Waals surface area (Å²) in [5, 5.41) is 4.41. The van der Waals surface area contributed by atoms with Crippen molar-refractivity contribution in [2.75, 3.05) is 29.4 Å². The molecule has 0 saturated carbocycles. The van der Waals surface area contributed by atoms with Crippen LogP contribution in [0, 0.1) is 0 Å². The van der Waals surface area contributed by atoms with Crippen molar-refractivity contribution in [1.82, 2.24) is 0 Å². The maximum atomic E-state index is 13.0. The highest BCUT2D eigenvalue weighted by Crippen LogP contribution is 2.42. The molecule has 30 heavy (non-hydrogen) atoms. The quantitative estimate of drug-likeness (QED) is 0.664. The monoisotopic (exact) mass is 444 g/mol. The highest BCUT2D eigenvalue weighted by molar-refractivity contribution is 7.93. The number of anilines is 2. The van der Waals surface area contributed by atoms with Gasteiger partial charge >= 0.3 is 0 Å². The molecule has 2 aliphatic heterocycles. The molecule has 0 bridgehead atoms. The number of benzene rings is 3. The van der Waals surface area contributed by atoms with Gasteiger partial charge in [0, 0.05) is 23.9 Å². The van der Waals surface area contributed by atoms with Gasteiger partial charge in [-0.25, -0.2) is 8.42 Å². The standard InChI is InChI=1S/C21H17ClN2O5S/c22-14-10-17-18(29-9-3-8-28-17)11-15(14)23-20(25)12-24-16-6-1-4-13-5-2-7-19(21(13)16)30(24,26)27/h1-2,4-7,10-11H,3,8-9,12H2,(H,23,25). The smallest absolute Gasteiger partial charge is 0.265 e. The summed E-state index contributed by atoms with van der Waals surface area (Å²) in [4.78, 5) is 13.0. The van der Waals surface area contributed by atoms with Gasteiger partial charge in [0.1, 0.15) is 6.54 Å². The van der Waals surface area contributed by atoms with Gasteiger partial charge in [-0.3, -0.25) is 9.10 Å². The van der Waals surface area contributed by atoms with Crippen LogP contribution in [-0.2, 0) is 14.8 Å². The summed E-state index contributed by atoms with van der Waals surface area (Å²) in [5.74, 6) is 0.484. The first-order valence-electron chi connectivity index (χ1n) is 9.38. The molecule has 0 spiro atoms. The summed E-state index contributed by atoms with van der Waals surface area (Å²) in [6.45, 7) is 0.644. The first-order valence-corrected chi connectivity index (χ1v) is 11.2. The number of fused-ring (bicyclic) bond motifs is 1. The van der Waals surface area contributed by atoms with Crippen LogP contribution in [0.4, 0.5) is 11.4 Å². The summed E-state index contributed by atoms with van der Waals surface area (Å²) in [5.41, 5.74) is 0.821. The molecule has 1 N–H and O–H groups in total. The van der Waals surface area contributed by atoms with Gasteiger partial charge in [0.05, 0.1) is 34.5 Å². The molecule has 0 saturated heterocycles. The summed E-state index contributed by atoms with van der Waals surface area (Å²) >= 11 is 6.29. The number of rotatable bonds is 3. The van der Waals surface area contributed by atoms with Gasteiger partial charge in [0.2, 0.25) is 5.91 Å². The Labute approximate surface area is 178 Å². The molecule has 5 rings (SSSR count). The summed E-state index contributed by atoms with van der Waals surface area (Å²) in [7, 11) is -3.82. The minimum Gasteiger partial charge on any atom is -0.490 e. The fraction of sp³-hybridized carbons (Fsp3) is 0.190. The number of carbonyl (C=O) groups excluding carboxylic acids is 1. The molecule has 7 nitrogen and oxygen atoms in total. The van der Waals surface area contributed by atoms with E-state index < -0.39 is 15.9 Å². The minimum absolute atomic E-state index is 0.206. The van der Waals surface area contributed by atoms with Gasteiger partial charge in [0.15, 0.2) is 11.5 Å². The summed E-state index contributed by atoms with van der Waals surface area (Å²) in [6, 6.07) is 13.6. The predicted octanol–water partition coefficient (Wildman–Crippen LogP) is 3.80. The van der Waals surface area contributed by atoms with Crippen molar-refractivity contribution in [3.05, 3.63) is 53.6 Å². The Balaban J connectivity index is 1.43. The van der Waals surface area contributed by atoms with Gasteiger partial charge < -0.3 is 14.8 Å². The van der Waals surface area contributed by atoms with Gasteiger partial charge in [-0.1, -0.05) is 35.9 Å². The molecule has 0 atom stereocenters. The van der Waals surface area contributed by atoms with E-state index in [1.54, 1.807) is 36.4 Å². The van der Waals surface area contributed by atoms with E-state index in [2.05, 4.69) is 5.32 Å². The Hall–Kier alpha value is -2.97. The number of carbonyl (C=O) groups is 1. The largest absolute Gasteiger partial charge is 0.490 e. The van der Waals surface area contributed by atoms with E-state index in [-0.39, 0.29) is 16.5 Å². The minimum atomic E-state index is -3.82.